The Kier molecular flexibility index (Phi) is 4.73. The van der Waals surface area contributed by atoms with Crippen LogP contribution in [0.4, 0.5) is 0 Å². The zero-order valence-electron chi connectivity index (χ0n) is 11.8. The van der Waals surface area contributed by atoms with Crippen molar-refractivity contribution in [3.8, 4) is 0 Å². The van der Waals surface area contributed by atoms with E-state index in [2.05, 4.69) is 9.97 Å². The number of carbonyl (C=O) groups excluding carboxylic acids is 1. The van der Waals surface area contributed by atoms with Gasteiger partial charge in [0, 0.05) is 6.54 Å². The molecule has 1 saturated heterocycles. The molecule has 0 saturated carbocycles. The maximum absolute atomic E-state index is 12.7. The normalized spacial score (nSPS) is 21.6. The number of carbonyl (C=O) groups is 2. The molecule has 1 aliphatic rings. The molecule has 0 aliphatic carbocycles. The van der Waals surface area contributed by atoms with E-state index in [-0.39, 0.29) is 10.7 Å². The van der Waals surface area contributed by atoms with Crippen molar-refractivity contribution in [1.82, 2.24) is 14.9 Å². The standard InChI is InChI=1S/C13H16ClN3O3S/c1-3-13(11(19)20)5-4-6-17(13)10(18)9-8(14)7-15-12(16-9)21-2/h7H,3-6H2,1-2H3,(H,19,20). The summed E-state index contributed by atoms with van der Waals surface area (Å²) in [5.74, 6) is -1.43. The molecule has 1 aliphatic heterocycles. The topological polar surface area (TPSA) is 83.4 Å². The molecule has 2 rings (SSSR count). The lowest BCUT2D eigenvalue weighted by Crippen LogP contribution is -2.52. The number of thioether (sulfide) groups is 1. The summed E-state index contributed by atoms with van der Waals surface area (Å²) < 4.78 is 0. The second-order valence-corrected chi connectivity index (χ2v) is 5.98. The molecule has 0 spiro atoms. The van der Waals surface area contributed by atoms with Crippen LogP contribution in [0.5, 0.6) is 0 Å². The molecular weight excluding hydrogens is 314 g/mol. The van der Waals surface area contributed by atoms with E-state index in [4.69, 9.17) is 11.6 Å². The lowest BCUT2D eigenvalue weighted by Gasteiger charge is -2.33. The molecule has 114 valence electrons. The van der Waals surface area contributed by atoms with E-state index >= 15 is 0 Å². The molecule has 1 unspecified atom stereocenters. The van der Waals surface area contributed by atoms with Gasteiger partial charge in [-0.25, -0.2) is 14.8 Å². The van der Waals surface area contributed by atoms with Crippen molar-refractivity contribution in [2.75, 3.05) is 12.8 Å². The quantitative estimate of drug-likeness (QED) is 0.674. The minimum absolute atomic E-state index is 0.0667. The summed E-state index contributed by atoms with van der Waals surface area (Å²) in [6, 6.07) is 0. The molecule has 0 radical (unpaired) electrons. The SMILES string of the molecule is CCC1(C(=O)O)CCCN1C(=O)c1nc(SC)ncc1Cl. The highest BCUT2D eigenvalue weighted by Gasteiger charge is 2.49. The fourth-order valence-corrected chi connectivity index (χ4v) is 3.16. The predicted molar refractivity (Wildman–Crippen MR) is 79.8 cm³/mol. The Morgan fingerprint density at radius 2 is 2.29 bits per heavy atom. The van der Waals surface area contributed by atoms with Gasteiger partial charge in [0.05, 0.1) is 11.2 Å². The van der Waals surface area contributed by atoms with E-state index in [1.807, 2.05) is 0 Å². The number of rotatable bonds is 4. The van der Waals surface area contributed by atoms with E-state index in [1.165, 1.54) is 22.9 Å². The third-order valence-electron chi connectivity index (χ3n) is 3.82. The van der Waals surface area contributed by atoms with Gasteiger partial charge < -0.3 is 10.0 Å². The van der Waals surface area contributed by atoms with Gasteiger partial charge in [0.2, 0.25) is 0 Å². The third kappa shape index (κ3) is 2.72. The molecule has 8 heteroatoms. The summed E-state index contributed by atoms with van der Waals surface area (Å²) in [7, 11) is 0. The maximum Gasteiger partial charge on any atom is 0.329 e. The van der Waals surface area contributed by atoms with E-state index in [0.717, 1.165) is 0 Å². The van der Waals surface area contributed by atoms with Gasteiger partial charge in [-0.2, -0.15) is 0 Å². The first-order valence-corrected chi connectivity index (χ1v) is 8.18. The second-order valence-electron chi connectivity index (χ2n) is 4.80. The summed E-state index contributed by atoms with van der Waals surface area (Å²) in [6.45, 7) is 2.17. The van der Waals surface area contributed by atoms with Crippen LogP contribution in [0.25, 0.3) is 0 Å². The van der Waals surface area contributed by atoms with Crippen molar-refractivity contribution >= 4 is 35.2 Å². The van der Waals surface area contributed by atoms with Gasteiger partial charge in [-0.05, 0) is 25.5 Å². The Morgan fingerprint density at radius 3 is 2.86 bits per heavy atom. The number of hydrogen-bond donors (Lipinski definition) is 1. The number of aliphatic carboxylic acids is 1. The van der Waals surface area contributed by atoms with Gasteiger partial charge in [0.1, 0.15) is 5.54 Å². The van der Waals surface area contributed by atoms with Crippen LogP contribution in [-0.2, 0) is 4.79 Å². The van der Waals surface area contributed by atoms with Crippen molar-refractivity contribution in [2.45, 2.75) is 36.9 Å². The average Bonchev–Trinajstić information content (AvgIpc) is 2.92. The van der Waals surface area contributed by atoms with Crippen molar-refractivity contribution in [2.24, 2.45) is 0 Å². The van der Waals surface area contributed by atoms with Gasteiger partial charge in [-0.3, -0.25) is 4.79 Å². The van der Waals surface area contributed by atoms with Crippen LogP contribution < -0.4 is 0 Å². The van der Waals surface area contributed by atoms with Crippen LogP contribution in [0.2, 0.25) is 5.02 Å². The van der Waals surface area contributed by atoms with Gasteiger partial charge in [0.15, 0.2) is 10.9 Å². The molecule has 0 aromatic carbocycles. The van der Waals surface area contributed by atoms with Crippen LogP contribution >= 0.6 is 23.4 Å². The first-order valence-electron chi connectivity index (χ1n) is 6.58. The fourth-order valence-electron chi connectivity index (χ4n) is 2.64. The summed E-state index contributed by atoms with van der Waals surface area (Å²) in [5.41, 5.74) is -1.10. The highest BCUT2D eigenvalue weighted by molar-refractivity contribution is 7.98. The largest absolute Gasteiger partial charge is 0.479 e. The minimum Gasteiger partial charge on any atom is -0.479 e. The van der Waals surface area contributed by atoms with Gasteiger partial charge in [0.25, 0.3) is 5.91 Å². The number of carboxylic acid groups (broad SMARTS) is 1. The molecule has 1 aromatic rings. The molecule has 0 bridgehead atoms. The van der Waals surface area contributed by atoms with Crippen LogP contribution in [0.15, 0.2) is 11.4 Å². The number of amides is 1. The Bertz CT molecular complexity index is 584. The Hall–Kier alpha value is -1.34. The minimum atomic E-state index is -1.16. The first-order chi connectivity index (χ1) is 9.96. The molecule has 6 nitrogen and oxygen atoms in total. The summed E-state index contributed by atoms with van der Waals surface area (Å²) in [4.78, 5) is 33.8. The smallest absolute Gasteiger partial charge is 0.329 e. The predicted octanol–water partition coefficient (Wildman–Crippen LogP) is 2.32. The number of hydrogen-bond acceptors (Lipinski definition) is 5. The van der Waals surface area contributed by atoms with Crippen LogP contribution in [0, 0.1) is 0 Å². The molecule has 1 N–H and O–H groups in total. The molecule has 21 heavy (non-hydrogen) atoms. The maximum atomic E-state index is 12.7. The van der Waals surface area contributed by atoms with Crippen molar-refractivity contribution in [1.29, 1.82) is 0 Å². The monoisotopic (exact) mass is 329 g/mol. The number of nitrogens with zero attached hydrogens (tertiary/aromatic N) is 3. The molecule has 1 fully saturated rings. The average molecular weight is 330 g/mol. The van der Waals surface area contributed by atoms with E-state index < -0.39 is 17.4 Å². The van der Waals surface area contributed by atoms with E-state index in [9.17, 15) is 14.7 Å². The lowest BCUT2D eigenvalue weighted by molar-refractivity contribution is -0.148. The van der Waals surface area contributed by atoms with Gasteiger partial charge in [-0.1, -0.05) is 30.3 Å². The van der Waals surface area contributed by atoms with E-state index in [1.54, 1.807) is 13.2 Å². The van der Waals surface area contributed by atoms with E-state index in [0.29, 0.717) is 31.0 Å². The summed E-state index contributed by atoms with van der Waals surface area (Å²) >= 11 is 7.31. The summed E-state index contributed by atoms with van der Waals surface area (Å²) in [5, 5.41) is 10.1. The highest BCUT2D eigenvalue weighted by Crippen LogP contribution is 2.34. The zero-order valence-corrected chi connectivity index (χ0v) is 13.4. The van der Waals surface area contributed by atoms with Gasteiger partial charge in [-0.15, -0.1) is 0 Å². The molecular formula is C13H16ClN3O3S. The van der Waals surface area contributed by atoms with Crippen molar-refractivity contribution < 1.29 is 14.7 Å². The first kappa shape index (κ1) is 16.0. The Balaban J connectivity index is 2.41. The van der Waals surface area contributed by atoms with Gasteiger partial charge >= 0.3 is 5.97 Å². The Morgan fingerprint density at radius 1 is 1.57 bits per heavy atom. The fraction of sp³-hybridized carbons (Fsp3) is 0.538. The number of carboxylic acids is 1. The Labute approximate surface area is 131 Å². The second kappa shape index (κ2) is 6.19. The van der Waals surface area contributed by atoms with Crippen molar-refractivity contribution in [3.63, 3.8) is 0 Å². The molecule has 2 heterocycles. The molecule has 1 aromatic heterocycles. The number of likely N-dealkylation sites (tertiary alicyclic amines) is 1. The number of aromatic nitrogens is 2. The summed E-state index contributed by atoms with van der Waals surface area (Å²) in [6.07, 6.45) is 4.62. The molecule has 1 atom stereocenters. The number of halogens is 1. The molecule has 1 amide bonds. The van der Waals surface area contributed by atoms with Crippen LogP contribution in [0.1, 0.15) is 36.7 Å². The third-order valence-corrected chi connectivity index (χ3v) is 4.66. The highest BCUT2D eigenvalue weighted by atomic mass is 35.5. The van der Waals surface area contributed by atoms with Crippen molar-refractivity contribution in [3.05, 3.63) is 16.9 Å². The zero-order chi connectivity index (χ0) is 15.6. The van der Waals surface area contributed by atoms with Crippen LogP contribution in [-0.4, -0.2) is 50.2 Å². The van der Waals surface area contributed by atoms with Crippen LogP contribution in [0.3, 0.4) is 0 Å². The lowest BCUT2D eigenvalue weighted by atomic mass is 9.93.